The molecule has 1 rings (SSSR count). The molecule has 3 atom stereocenters. The molecule has 4 heteroatoms. The summed E-state index contributed by atoms with van der Waals surface area (Å²) in [5.41, 5.74) is 0.948. The molecule has 134 valence electrons. The summed E-state index contributed by atoms with van der Waals surface area (Å²) in [6.45, 7) is 10.6. The number of hydrogen-bond donors (Lipinski definition) is 0. The van der Waals surface area contributed by atoms with Crippen LogP contribution in [0.3, 0.4) is 0 Å². The fourth-order valence-electron chi connectivity index (χ4n) is 3.19. The Morgan fingerprint density at radius 1 is 1.39 bits per heavy atom. The summed E-state index contributed by atoms with van der Waals surface area (Å²) in [4.78, 5) is 22.5. The molecule has 0 amide bonds. The Morgan fingerprint density at radius 3 is 2.70 bits per heavy atom. The van der Waals surface area contributed by atoms with E-state index in [4.69, 9.17) is 14.5 Å². The van der Waals surface area contributed by atoms with E-state index in [1.54, 1.807) is 0 Å². The highest BCUT2D eigenvalue weighted by Gasteiger charge is 2.36. The topological polar surface area (TPSA) is 44.8 Å². The first-order valence-electron chi connectivity index (χ1n) is 9.15. The predicted octanol–water partition coefficient (Wildman–Crippen LogP) is 4.97. The zero-order valence-corrected chi connectivity index (χ0v) is 15.5. The summed E-state index contributed by atoms with van der Waals surface area (Å²) in [5.74, 6) is 0.363. The third kappa shape index (κ3) is 6.64. The number of hydrogen-bond acceptors (Lipinski definition) is 4. The van der Waals surface area contributed by atoms with Crippen molar-refractivity contribution in [3.8, 4) is 0 Å². The van der Waals surface area contributed by atoms with Gasteiger partial charge in [-0.3, -0.25) is 4.79 Å². The second-order valence-electron chi connectivity index (χ2n) is 6.74. The van der Waals surface area contributed by atoms with Gasteiger partial charge in [-0.05, 0) is 36.8 Å². The van der Waals surface area contributed by atoms with Gasteiger partial charge in [-0.15, -0.1) is 0 Å². The maximum absolute atomic E-state index is 10.9. The van der Waals surface area contributed by atoms with Gasteiger partial charge in [-0.25, -0.2) is 9.78 Å². The molecule has 0 fully saturated rings. The Balaban J connectivity index is 2.70. The molecule has 1 aliphatic heterocycles. The number of carbonyl (C=O) groups excluding carboxylic acids is 1. The fourth-order valence-corrected chi connectivity index (χ4v) is 3.19. The van der Waals surface area contributed by atoms with Crippen LogP contribution in [0.15, 0.2) is 11.6 Å². The molecule has 0 saturated heterocycles. The third-order valence-electron chi connectivity index (χ3n) is 4.63. The van der Waals surface area contributed by atoms with Gasteiger partial charge in [0.05, 0.1) is 6.61 Å². The fraction of sp³-hybridized carbons (Fsp3) is 0.842. The van der Waals surface area contributed by atoms with Gasteiger partial charge in [0, 0.05) is 13.3 Å². The van der Waals surface area contributed by atoms with Gasteiger partial charge >= 0.3 is 5.97 Å². The van der Waals surface area contributed by atoms with E-state index in [2.05, 4.69) is 33.8 Å². The summed E-state index contributed by atoms with van der Waals surface area (Å²) < 4.78 is 5.02. The zero-order chi connectivity index (χ0) is 17.3. The highest BCUT2D eigenvalue weighted by Crippen LogP contribution is 2.36. The van der Waals surface area contributed by atoms with Crippen LogP contribution >= 0.6 is 0 Å². The monoisotopic (exact) mass is 326 g/mol. The van der Waals surface area contributed by atoms with Crippen molar-refractivity contribution in [1.29, 1.82) is 0 Å². The van der Waals surface area contributed by atoms with E-state index in [-0.39, 0.29) is 17.7 Å². The SMILES string of the molecule is CCCCC(C)CC1(CC)C=C(CC)C(CCOC(C)=O)OO1. The van der Waals surface area contributed by atoms with E-state index in [1.165, 1.54) is 31.8 Å². The van der Waals surface area contributed by atoms with Gasteiger partial charge in [0.25, 0.3) is 0 Å². The van der Waals surface area contributed by atoms with Gasteiger partial charge in [-0.1, -0.05) is 47.0 Å². The van der Waals surface area contributed by atoms with E-state index >= 15 is 0 Å². The van der Waals surface area contributed by atoms with Crippen molar-refractivity contribution in [2.75, 3.05) is 6.61 Å². The molecular weight excluding hydrogens is 292 g/mol. The lowest BCUT2D eigenvalue weighted by Gasteiger charge is -2.38. The number of rotatable bonds is 10. The molecule has 0 bridgehead atoms. The van der Waals surface area contributed by atoms with Gasteiger partial charge in [0.2, 0.25) is 0 Å². The van der Waals surface area contributed by atoms with Gasteiger partial charge in [0.15, 0.2) is 0 Å². The molecule has 1 aliphatic rings. The lowest BCUT2D eigenvalue weighted by Crippen LogP contribution is -2.39. The molecule has 23 heavy (non-hydrogen) atoms. The summed E-state index contributed by atoms with van der Waals surface area (Å²) in [6.07, 6.45) is 9.36. The van der Waals surface area contributed by atoms with Crippen LogP contribution in [0.4, 0.5) is 0 Å². The van der Waals surface area contributed by atoms with E-state index in [0.717, 1.165) is 19.3 Å². The molecule has 0 radical (unpaired) electrons. The van der Waals surface area contributed by atoms with E-state index in [0.29, 0.717) is 18.9 Å². The van der Waals surface area contributed by atoms with Crippen LogP contribution in [-0.4, -0.2) is 24.3 Å². The summed E-state index contributed by atoms with van der Waals surface area (Å²) >= 11 is 0. The van der Waals surface area contributed by atoms with Crippen molar-refractivity contribution in [3.63, 3.8) is 0 Å². The number of ether oxygens (including phenoxy) is 1. The minimum atomic E-state index is -0.309. The maximum Gasteiger partial charge on any atom is 0.302 e. The van der Waals surface area contributed by atoms with Gasteiger partial charge < -0.3 is 4.74 Å². The molecule has 0 aliphatic carbocycles. The average Bonchev–Trinajstić information content (AvgIpc) is 2.53. The van der Waals surface area contributed by atoms with E-state index in [9.17, 15) is 4.79 Å². The molecule has 0 aromatic heterocycles. The molecule has 0 saturated carbocycles. The average molecular weight is 326 g/mol. The summed E-state index contributed by atoms with van der Waals surface area (Å²) in [5, 5.41) is 0. The molecule has 0 spiro atoms. The van der Waals surface area contributed by atoms with Gasteiger partial charge in [0.1, 0.15) is 11.7 Å². The number of carbonyl (C=O) groups is 1. The van der Waals surface area contributed by atoms with E-state index < -0.39 is 0 Å². The Morgan fingerprint density at radius 2 is 2.13 bits per heavy atom. The quantitative estimate of drug-likeness (QED) is 0.323. The van der Waals surface area contributed by atoms with Crippen LogP contribution in [0.1, 0.15) is 79.6 Å². The Bertz CT molecular complexity index is 391. The van der Waals surface area contributed by atoms with Crippen molar-refractivity contribution in [2.24, 2.45) is 5.92 Å². The number of esters is 1. The van der Waals surface area contributed by atoms with Crippen molar-refractivity contribution < 1.29 is 19.3 Å². The second kappa shape index (κ2) is 10.1. The molecule has 0 aromatic carbocycles. The van der Waals surface area contributed by atoms with Gasteiger partial charge in [-0.2, -0.15) is 0 Å². The first-order valence-corrected chi connectivity index (χ1v) is 9.15. The predicted molar refractivity (Wildman–Crippen MR) is 91.9 cm³/mol. The lowest BCUT2D eigenvalue weighted by molar-refractivity contribution is -0.380. The smallest absolute Gasteiger partial charge is 0.302 e. The molecule has 1 heterocycles. The number of unbranched alkanes of at least 4 members (excludes halogenated alkanes) is 1. The normalized spacial score (nSPS) is 25.8. The first kappa shape index (κ1) is 20.2. The third-order valence-corrected chi connectivity index (χ3v) is 4.63. The minimum Gasteiger partial charge on any atom is -0.466 e. The first-order chi connectivity index (χ1) is 11.0. The lowest BCUT2D eigenvalue weighted by atomic mass is 9.83. The summed E-state index contributed by atoms with van der Waals surface area (Å²) in [6, 6.07) is 0. The van der Waals surface area contributed by atoms with Crippen LogP contribution in [0, 0.1) is 5.92 Å². The Hall–Kier alpha value is -0.870. The summed E-state index contributed by atoms with van der Waals surface area (Å²) in [7, 11) is 0. The zero-order valence-electron chi connectivity index (χ0n) is 15.5. The molecule has 3 unspecified atom stereocenters. The maximum atomic E-state index is 10.9. The van der Waals surface area contributed by atoms with Crippen molar-refractivity contribution in [2.45, 2.75) is 91.3 Å². The molecule has 0 aromatic rings. The van der Waals surface area contributed by atoms with Crippen LogP contribution in [0.5, 0.6) is 0 Å². The minimum absolute atomic E-state index is 0.107. The highest BCUT2D eigenvalue weighted by atomic mass is 17.2. The van der Waals surface area contributed by atoms with Crippen LogP contribution < -0.4 is 0 Å². The Kier molecular flexibility index (Phi) is 8.85. The molecular formula is C19H34O4. The molecule has 4 nitrogen and oxygen atoms in total. The standard InChI is InChI=1S/C19H34O4/c1-6-9-10-15(4)13-19(8-3)14-17(7-2)18(22-23-19)11-12-21-16(5)20/h14-15,18H,6-13H2,1-5H3. The van der Waals surface area contributed by atoms with Crippen LogP contribution in [0.25, 0.3) is 0 Å². The largest absolute Gasteiger partial charge is 0.466 e. The van der Waals surface area contributed by atoms with Crippen LogP contribution in [0.2, 0.25) is 0 Å². The van der Waals surface area contributed by atoms with Crippen molar-refractivity contribution >= 4 is 5.97 Å². The van der Waals surface area contributed by atoms with E-state index in [1.807, 2.05) is 0 Å². The highest BCUT2D eigenvalue weighted by molar-refractivity contribution is 5.65. The second-order valence-corrected chi connectivity index (χ2v) is 6.74. The van der Waals surface area contributed by atoms with Crippen molar-refractivity contribution in [3.05, 3.63) is 11.6 Å². The Labute approximate surface area is 141 Å². The van der Waals surface area contributed by atoms with Crippen LogP contribution in [-0.2, 0) is 19.3 Å². The van der Waals surface area contributed by atoms with Crippen molar-refractivity contribution in [1.82, 2.24) is 0 Å². The molecule has 0 N–H and O–H groups in total.